The van der Waals surface area contributed by atoms with Crippen molar-refractivity contribution in [3.63, 3.8) is 0 Å². The van der Waals surface area contributed by atoms with Crippen LogP contribution in [0.2, 0.25) is 0 Å². The van der Waals surface area contributed by atoms with Gasteiger partial charge in [-0.15, -0.1) is 0 Å². The zero-order valence-electron chi connectivity index (χ0n) is 10.6. The predicted molar refractivity (Wildman–Crippen MR) is 63.2 cm³/mol. The van der Waals surface area contributed by atoms with E-state index in [2.05, 4.69) is 12.0 Å². The van der Waals surface area contributed by atoms with Crippen molar-refractivity contribution in [3.8, 4) is 0 Å². The van der Waals surface area contributed by atoms with E-state index in [0.29, 0.717) is 6.61 Å². The van der Waals surface area contributed by atoms with Gasteiger partial charge in [0.15, 0.2) is 0 Å². The first-order valence-electron chi connectivity index (χ1n) is 5.80. The number of aryl methyl sites for hydroxylation is 2. The molecule has 2 unspecified atom stereocenters. The minimum absolute atomic E-state index is 0.181. The summed E-state index contributed by atoms with van der Waals surface area (Å²) in [7, 11) is 3.55. The Morgan fingerprint density at radius 1 is 1.56 bits per heavy atom. The number of hydrogen-bond acceptors (Lipinski definition) is 3. The van der Waals surface area contributed by atoms with Gasteiger partial charge in [-0.05, 0) is 24.8 Å². The number of aliphatic hydroxyl groups is 1. The topological polar surface area (TPSA) is 47.3 Å². The molecule has 0 aliphatic rings. The smallest absolute Gasteiger partial charge is 0.0982 e. The summed E-state index contributed by atoms with van der Waals surface area (Å²) in [5.41, 5.74) is 1.91. The van der Waals surface area contributed by atoms with E-state index in [4.69, 9.17) is 4.74 Å². The molecule has 0 fully saturated rings. The van der Waals surface area contributed by atoms with Crippen molar-refractivity contribution in [2.45, 2.75) is 32.8 Å². The van der Waals surface area contributed by atoms with E-state index in [1.807, 2.05) is 20.0 Å². The van der Waals surface area contributed by atoms with E-state index in [1.54, 1.807) is 11.8 Å². The summed E-state index contributed by atoms with van der Waals surface area (Å²) in [6.45, 7) is 4.77. The highest BCUT2D eigenvalue weighted by Gasteiger charge is 2.20. The van der Waals surface area contributed by atoms with Gasteiger partial charge in [0.1, 0.15) is 0 Å². The highest BCUT2D eigenvalue weighted by atomic mass is 16.5. The van der Waals surface area contributed by atoms with Gasteiger partial charge in [-0.25, -0.2) is 0 Å². The average Bonchev–Trinajstić information content (AvgIpc) is 2.66. The molecule has 92 valence electrons. The molecule has 0 amide bonds. The zero-order valence-corrected chi connectivity index (χ0v) is 10.6. The molecule has 1 aromatic rings. The second-order valence-electron chi connectivity index (χ2n) is 4.24. The SMILES string of the molecule is CCc1cc(C(O)C(C)CCOC)n(C)n1. The second-order valence-corrected chi connectivity index (χ2v) is 4.24. The molecule has 1 N–H and O–H groups in total. The molecule has 0 saturated carbocycles. The largest absolute Gasteiger partial charge is 0.387 e. The normalized spacial score (nSPS) is 15.1. The highest BCUT2D eigenvalue weighted by molar-refractivity contribution is 5.13. The minimum atomic E-state index is -0.465. The van der Waals surface area contributed by atoms with E-state index in [-0.39, 0.29) is 5.92 Å². The van der Waals surface area contributed by atoms with Crippen molar-refractivity contribution in [2.75, 3.05) is 13.7 Å². The van der Waals surface area contributed by atoms with Crippen molar-refractivity contribution < 1.29 is 9.84 Å². The summed E-state index contributed by atoms with van der Waals surface area (Å²) in [4.78, 5) is 0. The molecule has 4 nitrogen and oxygen atoms in total. The second kappa shape index (κ2) is 6.01. The lowest BCUT2D eigenvalue weighted by molar-refractivity contribution is 0.0825. The van der Waals surface area contributed by atoms with E-state index in [9.17, 15) is 5.11 Å². The van der Waals surface area contributed by atoms with Crippen LogP contribution in [0.5, 0.6) is 0 Å². The van der Waals surface area contributed by atoms with Gasteiger partial charge in [-0.3, -0.25) is 4.68 Å². The monoisotopic (exact) mass is 226 g/mol. The summed E-state index contributed by atoms with van der Waals surface area (Å²) >= 11 is 0. The molecule has 16 heavy (non-hydrogen) atoms. The van der Waals surface area contributed by atoms with Crippen LogP contribution in [0.3, 0.4) is 0 Å². The number of nitrogens with zero attached hydrogens (tertiary/aromatic N) is 2. The molecular weight excluding hydrogens is 204 g/mol. The number of aromatic nitrogens is 2. The highest BCUT2D eigenvalue weighted by Crippen LogP contribution is 2.24. The van der Waals surface area contributed by atoms with Crippen LogP contribution in [0.4, 0.5) is 0 Å². The standard InChI is InChI=1S/C12H22N2O2/c1-5-10-8-11(14(3)13-10)12(15)9(2)6-7-16-4/h8-9,12,15H,5-7H2,1-4H3. The lowest BCUT2D eigenvalue weighted by Crippen LogP contribution is -2.14. The third kappa shape index (κ3) is 3.06. The molecule has 1 rings (SSSR count). The van der Waals surface area contributed by atoms with Gasteiger partial charge in [0.05, 0.1) is 17.5 Å². The van der Waals surface area contributed by atoms with E-state index in [1.165, 1.54) is 0 Å². The molecular formula is C12H22N2O2. The van der Waals surface area contributed by atoms with Gasteiger partial charge < -0.3 is 9.84 Å². The Kier molecular flexibility index (Phi) is 4.96. The third-order valence-electron chi connectivity index (χ3n) is 2.95. The molecule has 0 aromatic carbocycles. The Labute approximate surface area is 97.2 Å². The molecule has 0 aliphatic carbocycles. The number of aliphatic hydroxyl groups excluding tert-OH is 1. The third-order valence-corrected chi connectivity index (χ3v) is 2.95. The van der Waals surface area contributed by atoms with Gasteiger partial charge in [-0.2, -0.15) is 5.10 Å². The van der Waals surface area contributed by atoms with Crippen LogP contribution >= 0.6 is 0 Å². The van der Waals surface area contributed by atoms with Gasteiger partial charge >= 0.3 is 0 Å². The van der Waals surface area contributed by atoms with Crippen LogP contribution < -0.4 is 0 Å². The Morgan fingerprint density at radius 2 is 2.25 bits per heavy atom. The van der Waals surface area contributed by atoms with Crippen LogP contribution in [0.1, 0.15) is 37.8 Å². The lowest BCUT2D eigenvalue weighted by atomic mass is 9.98. The summed E-state index contributed by atoms with van der Waals surface area (Å²) < 4.78 is 6.79. The summed E-state index contributed by atoms with van der Waals surface area (Å²) in [6, 6.07) is 1.98. The maximum absolute atomic E-state index is 10.2. The Hall–Kier alpha value is -0.870. The van der Waals surface area contributed by atoms with Crippen molar-refractivity contribution >= 4 is 0 Å². The maximum atomic E-state index is 10.2. The van der Waals surface area contributed by atoms with Gasteiger partial charge in [0.2, 0.25) is 0 Å². The summed E-state index contributed by atoms with van der Waals surface area (Å²) in [5, 5.41) is 14.5. The van der Waals surface area contributed by atoms with Gasteiger partial charge in [0.25, 0.3) is 0 Å². The van der Waals surface area contributed by atoms with E-state index in [0.717, 1.165) is 24.2 Å². The number of rotatable bonds is 6. The zero-order chi connectivity index (χ0) is 12.1. The van der Waals surface area contributed by atoms with E-state index >= 15 is 0 Å². The van der Waals surface area contributed by atoms with Crippen LogP contribution in [0, 0.1) is 5.92 Å². The van der Waals surface area contributed by atoms with Crippen molar-refractivity contribution in [3.05, 3.63) is 17.5 Å². The first kappa shape index (κ1) is 13.2. The first-order chi connectivity index (χ1) is 7.60. The van der Waals surface area contributed by atoms with Crippen molar-refractivity contribution in [2.24, 2.45) is 13.0 Å². The number of ether oxygens (including phenoxy) is 1. The predicted octanol–water partition coefficient (Wildman–Crippen LogP) is 1.69. The van der Waals surface area contributed by atoms with Gasteiger partial charge in [0, 0.05) is 20.8 Å². The maximum Gasteiger partial charge on any atom is 0.0982 e. The lowest BCUT2D eigenvalue weighted by Gasteiger charge is -2.18. The Balaban J connectivity index is 2.70. The molecule has 1 heterocycles. The quantitative estimate of drug-likeness (QED) is 0.803. The van der Waals surface area contributed by atoms with Crippen LogP contribution in [0.25, 0.3) is 0 Å². The number of hydrogen-bond donors (Lipinski definition) is 1. The van der Waals surface area contributed by atoms with Crippen LogP contribution in [-0.4, -0.2) is 28.6 Å². The van der Waals surface area contributed by atoms with Gasteiger partial charge in [-0.1, -0.05) is 13.8 Å². The minimum Gasteiger partial charge on any atom is -0.387 e. The molecule has 2 atom stereocenters. The number of methoxy groups -OCH3 is 1. The molecule has 0 spiro atoms. The van der Waals surface area contributed by atoms with Crippen molar-refractivity contribution in [1.29, 1.82) is 0 Å². The molecule has 1 aromatic heterocycles. The fraction of sp³-hybridized carbons (Fsp3) is 0.750. The Morgan fingerprint density at radius 3 is 2.75 bits per heavy atom. The average molecular weight is 226 g/mol. The van der Waals surface area contributed by atoms with E-state index < -0.39 is 6.10 Å². The molecule has 0 aliphatic heterocycles. The summed E-state index contributed by atoms with van der Waals surface area (Å²) in [5.74, 6) is 0.181. The molecule has 0 bridgehead atoms. The molecule has 4 heteroatoms. The Bertz CT molecular complexity index is 323. The van der Waals surface area contributed by atoms with Crippen molar-refractivity contribution in [1.82, 2.24) is 9.78 Å². The first-order valence-corrected chi connectivity index (χ1v) is 5.80. The molecule has 0 saturated heterocycles. The van der Waals surface area contributed by atoms with Crippen LogP contribution in [-0.2, 0) is 18.2 Å². The molecule has 0 radical (unpaired) electrons. The van der Waals surface area contributed by atoms with Crippen LogP contribution in [0.15, 0.2) is 6.07 Å². The fourth-order valence-corrected chi connectivity index (χ4v) is 1.75. The fourth-order valence-electron chi connectivity index (χ4n) is 1.75. The summed E-state index contributed by atoms with van der Waals surface area (Å²) in [6.07, 6.45) is 1.28.